The van der Waals surface area contributed by atoms with Gasteiger partial charge in [-0.3, -0.25) is 4.79 Å². The van der Waals surface area contributed by atoms with E-state index in [-0.39, 0.29) is 12.5 Å². The number of carbonyl (C=O) groups excluding carboxylic acids is 1. The highest BCUT2D eigenvalue weighted by molar-refractivity contribution is 5.95. The van der Waals surface area contributed by atoms with E-state index in [9.17, 15) is 4.79 Å². The van der Waals surface area contributed by atoms with Gasteiger partial charge in [0.1, 0.15) is 0 Å². The summed E-state index contributed by atoms with van der Waals surface area (Å²) in [5.41, 5.74) is 2.43. The summed E-state index contributed by atoms with van der Waals surface area (Å²) in [4.78, 5) is 12.7. The molecule has 1 N–H and O–H groups in total. The lowest BCUT2D eigenvalue weighted by Crippen LogP contribution is -2.24. The largest absolute Gasteiger partial charge is 0.423 e. The van der Waals surface area contributed by atoms with Gasteiger partial charge < -0.3 is 9.73 Å². The Morgan fingerprint density at radius 2 is 2.08 bits per heavy atom. The van der Waals surface area contributed by atoms with Crippen molar-refractivity contribution in [3.8, 4) is 5.69 Å². The maximum absolute atomic E-state index is 12.7. The van der Waals surface area contributed by atoms with E-state index >= 15 is 0 Å². The van der Waals surface area contributed by atoms with Crippen molar-refractivity contribution in [3.05, 3.63) is 59.6 Å². The molecule has 7 nitrogen and oxygen atoms in total. The zero-order valence-electron chi connectivity index (χ0n) is 14.7. The second kappa shape index (κ2) is 7.11. The highest BCUT2D eigenvalue weighted by atomic mass is 16.4. The third-order valence-electron chi connectivity index (χ3n) is 4.41. The maximum atomic E-state index is 12.7. The SMILES string of the molecule is CCCc1c(C(=O)NCc2nnc(C3CC3)o2)cnn1-c1ccccc1. The molecule has 2 heterocycles. The zero-order valence-corrected chi connectivity index (χ0v) is 14.7. The van der Waals surface area contributed by atoms with Crippen LogP contribution in [0.3, 0.4) is 0 Å². The lowest BCUT2D eigenvalue weighted by atomic mass is 10.1. The summed E-state index contributed by atoms with van der Waals surface area (Å²) in [6.07, 6.45) is 5.52. The van der Waals surface area contributed by atoms with Crippen molar-refractivity contribution in [2.75, 3.05) is 0 Å². The minimum atomic E-state index is -0.179. The summed E-state index contributed by atoms with van der Waals surface area (Å²) < 4.78 is 7.42. The third kappa shape index (κ3) is 3.37. The molecule has 1 saturated carbocycles. The quantitative estimate of drug-likeness (QED) is 0.707. The number of amides is 1. The van der Waals surface area contributed by atoms with Gasteiger partial charge in [0.15, 0.2) is 0 Å². The number of hydrogen-bond acceptors (Lipinski definition) is 5. The van der Waals surface area contributed by atoms with E-state index in [0.717, 1.165) is 37.1 Å². The van der Waals surface area contributed by atoms with Gasteiger partial charge in [-0.1, -0.05) is 31.5 Å². The smallest absolute Gasteiger partial charge is 0.255 e. The van der Waals surface area contributed by atoms with Crippen LogP contribution in [0, 0.1) is 0 Å². The van der Waals surface area contributed by atoms with Gasteiger partial charge in [0.25, 0.3) is 5.91 Å². The van der Waals surface area contributed by atoms with Crippen LogP contribution in [0.15, 0.2) is 40.9 Å². The van der Waals surface area contributed by atoms with Crippen molar-refractivity contribution >= 4 is 5.91 Å². The molecule has 0 aliphatic heterocycles. The first-order valence-electron chi connectivity index (χ1n) is 8.99. The molecule has 1 aliphatic rings. The second-order valence-corrected chi connectivity index (χ2v) is 6.49. The first-order valence-corrected chi connectivity index (χ1v) is 8.99. The Morgan fingerprint density at radius 3 is 2.81 bits per heavy atom. The van der Waals surface area contributed by atoms with E-state index in [0.29, 0.717) is 23.3 Å². The Labute approximate surface area is 151 Å². The molecule has 1 aromatic carbocycles. The maximum Gasteiger partial charge on any atom is 0.255 e. The lowest BCUT2D eigenvalue weighted by Gasteiger charge is -2.09. The molecule has 1 fully saturated rings. The van der Waals surface area contributed by atoms with Crippen molar-refractivity contribution in [3.63, 3.8) is 0 Å². The van der Waals surface area contributed by atoms with Crippen LogP contribution in [0.4, 0.5) is 0 Å². The minimum absolute atomic E-state index is 0.179. The van der Waals surface area contributed by atoms with Gasteiger partial charge in [-0.25, -0.2) is 4.68 Å². The van der Waals surface area contributed by atoms with Crippen molar-refractivity contribution in [1.82, 2.24) is 25.3 Å². The minimum Gasteiger partial charge on any atom is -0.423 e. The molecule has 2 aromatic heterocycles. The van der Waals surface area contributed by atoms with Crippen LogP contribution >= 0.6 is 0 Å². The Hall–Kier alpha value is -2.96. The van der Waals surface area contributed by atoms with E-state index in [1.807, 2.05) is 35.0 Å². The number of aromatic nitrogens is 4. The topological polar surface area (TPSA) is 85.8 Å². The number of para-hydroxylation sites is 1. The standard InChI is InChI=1S/C19H21N5O2/c1-2-6-16-15(11-21-24(16)14-7-4-3-5-8-14)18(25)20-12-17-22-23-19(26-17)13-9-10-13/h3-5,7-8,11,13H,2,6,9-10,12H2,1H3,(H,20,25). The van der Waals surface area contributed by atoms with E-state index in [1.165, 1.54) is 0 Å². The second-order valence-electron chi connectivity index (χ2n) is 6.49. The van der Waals surface area contributed by atoms with Crippen LogP contribution in [0.1, 0.15) is 59.9 Å². The van der Waals surface area contributed by atoms with Crippen LogP contribution in [0.5, 0.6) is 0 Å². The Balaban J connectivity index is 1.50. The summed E-state index contributed by atoms with van der Waals surface area (Å²) in [6.45, 7) is 2.31. The molecule has 0 spiro atoms. The number of rotatable bonds is 7. The summed E-state index contributed by atoms with van der Waals surface area (Å²) in [5, 5.41) is 15.3. The summed E-state index contributed by atoms with van der Waals surface area (Å²) >= 11 is 0. The number of nitrogens with one attached hydrogen (secondary N) is 1. The van der Waals surface area contributed by atoms with Crippen molar-refractivity contribution in [2.24, 2.45) is 0 Å². The van der Waals surface area contributed by atoms with Crippen LogP contribution in [-0.2, 0) is 13.0 Å². The van der Waals surface area contributed by atoms with Gasteiger partial charge in [-0.15, -0.1) is 10.2 Å². The Bertz CT molecular complexity index is 896. The summed E-state index contributed by atoms with van der Waals surface area (Å²) in [6, 6.07) is 9.83. The molecule has 3 aromatic rings. The van der Waals surface area contributed by atoms with E-state index in [4.69, 9.17) is 4.42 Å². The molecular weight excluding hydrogens is 330 g/mol. The molecular formula is C19H21N5O2. The summed E-state index contributed by atoms with van der Waals surface area (Å²) in [7, 11) is 0. The molecule has 0 radical (unpaired) electrons. The highest BCUT2D eigenvalue weighted by Gasteiger charge is 2.29. The van der Waals surface area contributed by atoms with Crippen molar-refractivity contribution in [2.45, 2.75) is 45.1 Å². The molecule has 0 saturated heterocycles. The molecule has 0 atom stereocenters. The van der Waals surface area contributed by atoms with Gasteiger partial charge in [-0.2, -0.15) is 5.10 Å². The molecule has 26 heavy (non-hydrogen) atoms. The number of benzene rings is 1. The predicted molar refractivity (Wildman–Crippen MR) is 95.0 cm³/mol. The first-order chi connectivity index (χ1) is 12.8. The van der Waals surface area contributed by atoms with Crippen LogP contribution in [0.2, 0.25) is 0 Å². The molecule has 1 amide bonds. The average Bonchev–Trinajstić information content (AvgIpc) is 3.26. The summed E-state index contributed by atoms with van der Waals surface area (Å²) in [5.74, 6) is 1.35. The van der Waals surface area contributed by atoms with E-state index < -0.39 is 0 Å². The zero-order chi connectivity index (χ0) is 17.9. The predicted octanol–water partition coefficient (Wildman–Crippen LogP) is 3.02. The van der Waals surface area contributed by atoms with Gasteiger partial charge >= 0.3 is 0 Å². The van der Waals surface area contributed by atoms with Gasteiger partial charge in [0.2, 0.25) is 11.8 Å². The third-order valence-corrected chi connectivity index (χ3v) is 4.41. The normalized spacial score (nSPS) is 13.7. The van der Waals surface area contributed by atoms with Gasteiger partial charge in [-0.05, 0) is 31.4 Å². The number of nitrogens with zero attached hydrogens (tertiary/aromatic N) is 4. The lowest BCUT2D eigenvalue weighted by molar-refractivity contribution is 0.0946. The monoisotopic (exact) mass is 351 g/mol. The van der Waals surface area contributed by atoms with E-state index in [2.05, 4.69) is 27.5 Å². The molecule has 4 rings (SSSR count). The molecule has 134 valence electrons. The van der Waals surface area contributed by atoms with Crippen molar-refractivity contribution < 1.29 is 9.21 Å². The van der Waals surface area contributed by atoms with Crippen molar-refractivity contribution in [1.29, 1.82) is 0 Å². The Morgan fingerprint density at radius 1 is 1.27 bits per heavy atom. The molecule has 0 unspecified atom stereocenters. The first kappa shape index (κ1) is 16.5. The van der Waals surface area contributed by atoms with Crippen LogP contribution < -0.4 is 5.32 Å². The number of carbonyl (C=O) groups is 1. The fourth-order valence-electron chi connectivity index (χ4n) is 2.92. The highest BCUT2D eigenvalue weighted by Crippen LogP contribution is 2.38. The average molecular weight is 351 g/mol. The molecule has 1 aliphatic carbocycles. The van der Waals surface area contributed by atoms with Gasteiger partial charge in [0, 0.05) is 5.92 Å². The van der Waals surface area contributed by atoms with Crippen LogP contribution in [-0.4, -0.2) is 25.9 Å². The fraction of sp³-hybridized carbons (Fsp3) is 0.368. The van der Waals surface area contributed by atoms with Crippen LogP contribution in [0.25, 0.3) is 5.69 Å². The molecule has 7 heteroatoms. The van der Waals surface area contributed by atoms with E-state index in [1.54, 1.807) is 6.20 Å². The fourth-order valence-corrected chi connectivity index (χ4v) is 2.92. The van der Waals surface area contributed by atoms with Gasteiger partial charge in [0.05, 0.1) is 29.7 Å². The number of hydrogen-bond donors (Lipinski definition) is 1. The Kier molecular flexibility index (Phi) is 4.51. The molecule has 0 bridgehead atoms.